The van der Waals surface area contributed by atoms with Crippen molar-refractivity contribution in [1.29, 1.82) is 0 Å². The SMILES string of the molecule is OC(CNCCOCC1CC1)c1cc(F)ccc1F. The molecule has 2 rings (SSSR count). The summed E-state index contributed by atoms with van der Waals surface area (Å²) in [5.41, 5.74) is -0.0219. The summed E-state index contributed by atoms with van der Waals surface area (Å²) in [6, 6.07) is 3.07. The van der Waals surface area contributed by atoms with Crippen LogP contribution < -0.4 is 5.32 Å². The Labute approximate surface area is 111 Å². The number of aliphatic hydroxyl groups excluding tert-OH is 1. The molecule has 106 valence electrons. The van der Waals surface area contributed by atoms with E-state index >= 15 is 0 Å². The van der Waals surface area contributed by atoms with Crippen molar-refractivity contribution >= 4 is 0 Å². The molecule has 0 aliphatic heterocycles. The molecule has 0 bridgehead atoms. The molecular formula is C14H19F2NO2. The van der Waals surface area contributed by atoms with Crippen molar-refractivity contribution < 1.29 is 18.6 Å². The number of hydrogen-bond donors (Lipinski definition) is 2. The normalized spacial score (nSPS) is 16.6. The largest absolute Gasteiger partial charge is 0.387 e. The molecule has 1 aliphatic rings. The molecule has 0 amide bonds. The quantitative estimate of drug-likeness (QED) is 0.711. The van der Waals surface area contributed by atoms with Crippen LogP contribution in [0.1, 0.15) is 24.5 Å². The van der Waals surface area contributed by atoms with E-state index in [1.54, 1.807) is 0 Å². The van der Waals surface area contributed by atoms with Gasteiger partial charge in [0.25, 0.3) is 0 Å². The van der Waals surface area contributed by atoms with Gasteiger partial charge in [0.2, 0.25) is 0 Å². The van der Waals surface area contributed by atoms with Crippen molar-refractivity contribution in [2.75, 3.05) is 26.3 Å². The number of benzene rings is 1. The van der Waals surface area contributed by atoms with Crippen LogP contribution in [-0.2, 0) is 4.74 Å². The second kappa shape index (κ2) is 6.93. The number of rotatable bonds is 8. The summed E-state index contributed by atoms with van der Waals surface area (Å²) in [7, 11) is 0. The van der Waals surface area contributed by atoms with E-state index in [9.17, 15) is 13.9 Å². The molecule has 1 aliphatic carbocycles. The predicted molar refractivity (Wildman–Crippen MR) is 67.7 cm³/mol. The molecule has 1 unspecified atom stereocenters. The van der Waals surface area contributed by atoms with Crippen LogP contribution in [0, 0.1) is 17.6 Å². The van der Waals surface area contributed by atoms with E-state index in [1.807, 2.05) is 0 Å². The van der Waals surface area contributed by atoms with Gasteiger partial charge in [-0.05, 0) is 37.0 Å². The van der Waals surface area contributed by atoms with Crippen LogP contribution in [0.4, 0.5) is 8.78 Å². The minimum Gasteiger partial charge on any atom is -0.387 e. The van der Waals surface area contributed by atoms with Crippen molar-refractivity contribution in [2.24, 2.45) is 5.92 Å². The Morgan fingerprint density at radius 1 is 1.37 bits per heavy atom. The molecule has 1 aromatic rings. The van der Waals surface area contributed by atoms with Crippen molar-refractivity contribution in [3.05, 3.63) is 35.4 Å². The van der Waals surface area contributed by atoms with Crippen molar-refractivity contribution in [2.45, 2.75) is 18.9 Å². The molecule has 3 nitrogen and oxygen atoms in total. The van der Waals surface area contributed by atoms with E-state index in [-0.39, 0.29) is 12.1 Å². The third-order valence-corrected chi connectivity index (χ3v) is 3.13. The van der Waals surface area contributed by atoms with Gasteiger partial charge in [0.15, 0.2) is 0 Å². The molecule has 0 radical (unpaired) electrons. The number of aliphatic hydroxyl groups is 1. The molecule has 0 spiro atoms. The Balaban J connectivity index is 1.65. The molecule has 19 heavy (non-hydrogen) atoms. The van der Waals surface area contributed by atoms with Crippen LogP contribution in [0.3, 0.4) is 0 Å². The second-order valence-corrected chi connectivity index (χ2v) is 4.90. The number of nitrogens with one attached hydrogen (secondary N) is 1. The molecule has 2 N–H and O–H groups in total. The molecule has 1 atom stereocenters. The summed E-state index contributed by atoms with van der Waals surface area (Å²) in [5.74, 6) is -0.420. The zero-order valence-corrected chi connectivity index (χ0v) is 10.7. The Morgan fingerprint density at radius 3 is 2.89 bits per heavy atom. The number of halogens is 2. The lowest BCUT2D eigenvalue weighted by Gasteiger charge is -2.13. The lowest BCUT2D eigenvalue weighted by atomic mass is 10.1. The number of ether oxygens (including phenoxy) is 1. The predicted octanol–water partition coefficient (Wildman–Crippen LogP) is 2.01. The minimum absolute atomic E-state index is 0.0219. The van der Waals surface area contributed by atoms with Gasteiger partial charge in [0.1, 0.15) is 11.6 Å². The maximum atomic E-state index is 13.4. The molecule has 1 aromatic carbocycles. The fraction of sp³-hybridized carbons (Fsp3) is 0.571. The van der Waals surface area contributed by atoms with Crippen LogP contribution >= 0.6 is 0 Å². The van der Waals surface area contributed by atoms with Gasteiger partial charge < -0.3 is 15.2 Å². The zero-order chi connectivity index (χ0) is 13.7. The standard InChI is InChI=1S/C14H19F2NO2/c15-11-3-4-13(16)12(7-11)14(18)8-17-5-6-19-9-10-1-2-10/h3-4,7,10,14,17-18H,1-2,5-6,8-9H2. The highest BCUT2D eigenvalue weighted by atomic mass is 19.1. The third-order valence-electron chi connectivity index (χ3n) is 3.13. The van der Waals surface area contributed by atoms with Gasteiger partial charge in [-0.3, -0.25) is 0 Å². The van der Waals surface area contributed by atoms with Crippen LogP contribution in [-0.4, -0.2) is 31.4 Å². The fourth-order valence-corrected chi connectivity index (χ4v) is 1.80. The first-order chi connectivity index (χ1) is 9.16. The van der Waals surface area contributed by atoms with Gasteiger partial charge in [-0.25, -0.2) is 8.78 Å². The maximum absolute atomic E-state index is 13.4. The zero-order valence-electron chi connectivity index (χ0n) is 10.7. The highest BCUT2D eigenvalue weighted by Gasteiger charge is 2.20. The minimum atomic E-state index is -1.06. The first kappa shape index (κ1) is 14.4. The Kier molecular flexibility index (Phi) is 5.24. The molecule has 5 heteroatoms. The Bertz CT molecular complexity index is 410. The number of hydrogen-bond acceptors (Lipinski definition) is 3. The van der Waals surface area contributed by atoms with Gasteiger partial charge in [0.05, 0.1) is 12.7 Å². The van der Waals surface area contributed by atoms with Crippen LogP contribution in [0.25, 0.3) is 0 Å². The Morgan fingerprint density at radius 2 is 2.16 bits per heavy atom. The smallest absolute Gasteiger partial charge is 0.129 e. The van der Waals surface area contributed by atoms with E-state index in [2.05, 4.69) is 5.32 Å². The average Bonchev–Trinajstić information content (AvgIpc) is 3.20. The van der Waals surface area contributed by atoms with E-state index in [1.165, 1.54) is 12.8 Å². The molecule has 1 saturated carbocycles. The van der Waals surface area contributed by atoms with Gasteiger partial charge in [-0.2, -0.15) is 0 Å². The van der Waals surface area contributed by atoms with Gasteiger partial charge in [0, 0.05) is 25.3 Å². The second-order valence-electron chi connectivity index (χ2n) is 4.90. The van der Waals surface area contributed by atoms with Crippen LogP contribution in [0.15, 0.2) is 18.2 Å². The Hall–Kier alpha value is -1.04. The van der Waals surface area contributed by atoms with E-state index in [0.717, 1.165) is 30.7 Å². The molecule has 0 heterocycles. The van der Waals surface area contributed by atoms with Crippen molar-refractivity contribution in [3.63, 3.8) is 0 Å². The van der Waals surface area contributed by atoms with Gasteiger partial charge >= 0.3 is 0 Å². The summed E-state index contributed by atoms with van der Waals surface area (Å²) in [4.78, 5) is 0. The van der Waals surface area contributed by atoms with E-state index < -0.39 is 17.7 Å². The van der Waals surface area contributed by atoms with Crippen LogP contribution in [0.5, 0.6) is 0 Å². The fourth-order valence-electron chi connectivity index (χ4n) is 1.80. The topological polar surface area (TPSA) is 41.5 Å². The summed E-state index contributed by atoms with van der Waals surface area (Å²) >= 11 is 0. The van der Waals surface area contributed by atoms with E-state index in [4.69, 9.17) is 4.74 Å². The average molecular weight is 271 g/mol. The molecule has 0 saturated heterocycles. The lowest BCUT2D eigenvalue weighted by Crippen LogP contribution is -2.26. The summed E-state index contributed by atoms with van der Waals surface area (Å²) in [5, 5.41) is 12.7. The highest BCUT2D eigenvalue weighted by molar-refractivity contribution is 5.21. The summed E-state index contributed by atoms with van der Waals surface area (Å²) < 4.78 is 31.7. The van der Waals surface area contributed by atoms with Crippen molar-refractivity contribution in [1.82, 2.24) is 5.32 Å². The maximum Gasteiger partial charge on any atom is 0.129 e. The summed E-state index contributed by atoms with van der Waals surface area (Å²) in [6.07, 6.45) is 1.45. The highest BCUT2D eigenvalue weighted by Crippen LogP contribution is 2.28. The lowest BCUT2D eigenvalue weighted by molar-refractivity contribution is 0.119. The van der Waals surface area contributed by atoms with E-state index in [0.29, 0.717) is 13.2 Å². The molecular weight excluding hydrogens is 252 g/mol. The third kappa shape index (κ3) is 4.86. The molecule has 0 aromatic heterocycles. The van der Waals surface area contributed by atoms with Gasteiger partial charge in [-0.1, -0.05) is 0 Å². The molecule has 1 fully saturated rings. The first-order valence-electron chi connectivity index (χ1n) is 6.58. The van der Waals surface area contributed by atoms with Crippen LogP contribution in [0.2, 0.25) is 0 Å². The first-order valence-corrected chi connectivity index (χ1v) is 6.58. The van der Waals surface area contributed by atoms with Crippen molar-refractivity contribution in [3.8, 4) is 0 Å². The van der Waals surface area contributed by atoms with Gasteiger partial charge in [-0.15, -0.1) is 0 Å². The summed E-state index contributed by atoms with van der Waals surface area (Å²) in [6.45, 7) is 2.12. The monoisotopic (exact) mass is 271 g/mol.